The van der Waals surface area contributed by atoms with Gasteiger partial charge in [0.25, 0.3) is 5.91 Å². The quantitative estimate of drug-likeness (QED) is 0.620. The molecule has 1 N–H and O–H groups in total. The third-order valence-electron chi connectivity index (χ3n) is 5.40. The third-order valence-corrected chi connectivity index (χ3v) is 7.44. The van der Waals surface area contributed by atoms with Crippen molar-refractivity contribution in [3.8, 4) is 11.8 Å². The highest BCUT2D eigenvalue weighted by atomic mass is 32.2. The molecule has 0 spiro atoms. The molecule has 2 aromatic rings. The van der Waals surface area contributed by atoms with Crippen molar-refractivity contribution in [1.82, 2.24) is 4.31 Å². The predicted molar refractivity (Wildman–Crippen MR) is 123 cm³/mol. The Morgan fingerprint density at radius 3 is 2.53 bits per heavy atom. The summed E-state index contributed by atoms with van der Waals surface area (Å²) in [6.07, 6.45) is 2.05. The fourth-order valence-corrected chi connectivity index (χ4v) is 5.27. The summed E-state index contributed by atoms with van der Waals surface area (Å²) < 4.78 is 32.8. The summed E-state index contributed by atoms with van der Waals surface area (Å²) in [6.45, 7) is 5.82. The summed E-state index contributed by atoms with van der Waals surface area (Å²) in [5.41, 5.74) is 1.52. The molecule has 0 radical (unpaired) electrons. The van der Waals surface area contributed by atoms with Gasteiger partial charge in [0.1, 0.15) is 11.8 Å². The number of anilines is 2. The Morgan fingerprint density at radius 2 is 1.88 bits per heavy atom. The van der Waals surface area contributed by atoms with Crippen molar-refractivity contribution in [3.63, 3.8) is 0 Å². The minimum atomic E-state index is -3.70. The Morgan fingerprint density at radius 1 is 1.16 bits per heavy atom. The van der Waals surface area contributed by atoms with Gasteiger partial charge in [-0.1, -0.05) is 19.9 Å². The zero-order valence-corrected chi connectivity index (χ0v) is 19.2. The fourth-order valence-electron chi connectivity index (χ4n) is 3.78. The van der Waals surface area contributed by atoms with Gasteiger partial charge in [-0.25, -0.2) is 8.42 Å². The predicted octanol–water partition coefficient (Wildman–Crippen LogP) is 3.47. The van der Waals surface area contributed by atoms with Crippen LogP contribution >= 0.6 is 0 Å². The third kappa shape index (κ3) is 5.21. The van der Waals surface area contributed by atoms with Crippen LogP contribution in [0, 0.1) is 11.3 Å². The van der Waals surface area contributed by atoms with E-state index in [-0.39, 0.29) is 11.5 Å². The molecule has 1 saturated heterocycles. The molecule has 0 aromatic heterocycles. The van der Waals surface area contributed by atoms with E-state index in [0.717, 1.165) is 31.6 Å². The van der Waals surface area contributed by atoms with Crippen molar-refractivity contribution in [2.24, 2.45) is 0 Å². The lowest BCUT2D eigenvalue weighted by molar-refractivity contribution is 0.102. The lowest BCUT2D eigenvalue weighted by atomic mass is 10.1. The van der Waals surface area contributed by atoms with E-state index in [1.54, 1.807) is 50.2 Å². The maximum absolute atomic E-state index is 13.3. The SMILES string of the molecule is CCN(CC)S(=O)(=O)c1ccc(N2CCCC2)c(C(=O)Nc2cccc(OCC#N)c2)c1. The number of ether oxygens (including phenoxy) is 1. The van der Waals surface area contributed by atoms with Crippen molar-refractivity contribution < 1.29 is 17.9 Å². The number of sulfonamides is 1. The number of carbonyl (C=O) groups is 1. The minimum absolute atomic E-state index is 0.0955. The summed E-state index contributed by atoms with van der Waals surface area (Å²) in [6, 6.07) is 13.4. The molecule has 0 saturated carbocycles. The molecule has 2 aromatic carbocycles. The number of nitriles is 1. The molecule has 1 aliphatic rings. The smallest absolute Gasteiger partial charge is 0.257 e. The summed E-state index contributed by atoms with van der Waals surface area (Å²) in [5, 5.41) is 11.5. The van der Waals surface area contributed by atoms with Gasteiger partial charge in [-0.15, -0.1) is 0 Å². The molecule has 170 valence electrons. The van der Waals surface area contributed by atoms with Crippen LogP contribution in [-0.2, 0) is 10.0 Å². The lowest BCUT2D eigenvalue weighted by Crippen LogP contribution is -2.31. The van der Waals surface area contributed by atoms with E-state index in [0.29, 0.717) is 30.1 Å². The first-order valence-corrected chi connectivity index (χ1v) is 12.1. The van der Waals surface area contributed by atoms with Gasteiger partial charge < -0.3 is 15.0 Å². The standard InChI is InChI=1S/C23H28N4O4S/c1-3-27(4-2)32(29,30)20-10-11-22(26-13-5-6-14-26)21(17-20)23(28)25-18-8-7-9-19(16-18)31-15-12-24/h7-11,16-17H,3-6,13-15H2,1-2H3,(H,25,28). The molecule has 0 aliphatic carbocycles. The number of rotatable bonds is 9. The molecule has 8 nitrogen and oxygen atoms in total. The molecule has 1 aliphatic heterocycles. The van der Waals surface area contributed by atoms with Crippen molar-refractivity contribution in [2.45, 2.75) is 31.6 Å². The average molecular weight is 457 g/mol. The van der Waals surface area contributed by atoms with Gasteiger partial charge >= 0.3 is 0 Å². The monoisotopic (exact) mass is 456 g/mol. The van der Waals surface area contributed by atoms with Crippen LogP contribution in [-0.4, -0.2) is 51.4 Å². The van der Waals surface area contributed by atoms with E-state index in [4.69, 9.17) is 10.00 Å². The molecule has 9 heteroatoms. The Balaban J connectivity index is 1.97. The topological polar surface area (TPSA) is 103 Å². The Hall–Kier alpha value is -3.09. The normalized spacial score (nSPS) is 13.8. The average Bonchev–Trinajstić information content (AvgIpc) is 3.33. The van der Waals surface area contributed by atoms with Crippen LogP contribution < -0.4 is 15.0 Å². The van der Waals surface area contributed by atoms with Gasteiger partial charge in [0.15, 0.2) is 6.61 Å². The van der Waals surface area contributed by atoms with Crippen LogP contribution in [0.15, 0.2) is 47.4 Å². The molecule has 1 heterocycles. The Bertz CT molecular complexity index is 1100. The first-order chi connectivity index (χ1) is 15.4. The molecule has 0 bridgehead atoms. The van der Waals surface area contributed by atoms with Gasteiger partial charge in [0.2, 0.25) is 10.0 Å². The van der Waals surface area contributed by atoms with E-state index >= 15 is 0 Å². The minimum Gasteiger partial charge on any atom is -0.479 e. The maximum Gasteiger partial charge on any atom is 0.257 e. The molecule has 3 rings (SSSR count). The van der Waals surface area contributed by atoms with Crippen LogP contribution in [0.4, 0.5) is 11.4 Å². The van der Waals surface area contributed by atoms with Crippen LogP contribution in [0.5, 0.6) is 5.75 Å². The number of carbonyl (C=O) groups excluding carboxylic acids is 1. The zero-order chi connectivity index (χ0) is 23.1. The van der Waals surface area contributed by atoms with Gasteiger partial charge in [0, 0.05) is 43.6 Å². The van der Waals surface area contributed by atoms with Gasteiger partial charge in [-0.05, 0) is 43.2 Å². The zero-order valence-electron chi connectivity index (χ0n) is 18.4. The summed E-state index contributed by atoms with van der Waals surface area (Å²) in [7, 11) is -3.70. The van der Waals surface area contributed by atoms with E-state index in [1.807, 2.05) is 6.07 Å². The van der Waals surface area contributed by atoms with Crippen molar-refractivity contribution in [3.05, 3.63) is 48.0 Å². The highest BCUT2D eigenvalue weighted by Gasteiger charge is 2.26. The molecule has 0 unspecified atom stereocenters. The number of hydrogen-bond acceptors (Lipinski definition) is 6. The molecule has 1 fully saturated rings. The summed E-state index contributed by atoms with van der Waals surface area (Å²) in [4.78, 5) is 15.5. The number of benzene rings is 2. The van der Waals surface area contributed by atoms with Crippen molar-refractivity contribution in [1.29, 1.82) is 5.26 Å². The number of hydrogen-bond donors (Lipinski definition) is 1. The first kappa shape index (κ1) is 23.6. The number of nitrogens with one attached hydrogen (secondary N) is 1. The molecule has 32 heavy (non-hydrogen) atoms. The van der Waals surface area contributed by atoms with Crippen molar-refractivity contribution >= 4 is 27.3 Å². The number of amides is 1. The van der Waals surface area contributed by atoms with E-state index in [2.05, 4.69) is 10.2 Å². The Kier molecular flexibility index (Phi) is 7.72. The first-order valence-electron chi connectivity index (χ1n) is 10.7. The largest absolute Gasteiger partial charge is 0.479 e. The summed E-state index contributed by atoms with van der Waals surface area (Å²) >= 11 is 0. The van der Waals surface area contributed by atoms with Gasteiger partial charge in [-0.2, -0.15) is 9.57 Å². The van der Waals surface area contributed by atoms with E-state index in [9.17, 15) is 13.2 Å². The van der Waals surface area contributed by atoms with Crippen LogP contribution in [0.1, 0.15) is 37.0 Å². The second kappa shape index (κ2) is 10.5. The van der Waals surface area contributed by atoms with Crippen LogP contribution in [0.3, 0.4) is 0 Å². The highest BCUT2D eigenvalue weighted by molar-refractivity contribution is 7.89. The van der Waals surface area contributed by atoms with Crippen LogP contribution in [0.2, 0.25) is 0 Å². The molecule has 0 atom stereocenters. The lowest BCUT2D eigenvalue weighted by Gasteiger charge is -2.23. The Labute approximate surface area is 189 Å². The molecular formula is C23H28N4O4S. The van der Waals surface area contributed by atoms with Crippen molar-refractivity contribution in [2.75, 3.05) is 43.0 Å². The second-order valence-corrected chi connectivity index (χ2v) is 9.33. The van der Waals surface area contributed by atoms with Gasteiger partial charge in [-0.3, -0.25) is 4.79 Å². The van der Waals surface area contributed by atoms with E-state index < -0.39 is 15.9 Å². The molecule has 1 amide bonds. The number of nitrogens with zero attached hydrogens (tertiary/aromatic N) is 3. The highest BCUT2D eigenvalue weighted by Crippen LogP contribution is 2.29. The maximum atomic E-state index is 13.3. The molecular weight excluding hydrogens is 428 g/mol. The van der Waals surface area contributed by atoms with E-state index in [1.165, 1.54) is 10.4 Å². The second-order valence-electron chi connectivity index (χ2n) is 7.39. The summed E-state index contributed by atoms with van der Waals surface area (Å²) in [5.74, 6) is 0.0582. The van der Waals surface area contributed by atoms with Crippen LogP contribution in [0.25, 0.3) is 0 Å². The van der Waals surface area contributed by atoms with Gasteiger partial charge in [0.05, 0.1) is 10.5 Å². The fraction of sp³-hybridized carbons (Fsp3) is 0.391.